The Morgan fingerprint density at radius 2 is 2.06 bits per heavy atom. The monoisotopic (exact) mass is 313 g/mol. The van der Waals surface area contributed by atoms with Crippen LogP contribution in [-0.2, 0) is 0 Å². The number of nitrogens with one attached hydrogen (secondary N) is 1. The molecular weight excluding hydrogens is 294 g/mol. The molecule has 0 spiro atoms. The molecule has 0 amide bonds. The molecule has 0 aromatic heterocycles. The van der Waals surface area contributed by atoms with Crippen molar-refractivity contribution in [1.29, 1.82) is 0 Å². The maximum atomic E-state index is 4.05. The summed E-state index contributed by atoms with van der Waals surface area (Å²) in [5.41, 5.74) is 1.21. The van der Waals surface area contributed by atoms with Crippen molar-refractivity contribution in [2.24, 2.45) is 0 Å². The number of rotatable bonds is 7. The average Bonchev–Trinajstić information content (AvgIpc) is 2.31. The average molecular weight is 314 g/mol. The molecule has 1 unspecified atom stereocenters. The van der Waals surface area contributed by atoms with E-state index in [0.717, 1.165) is 23.2 Å². The Hall–Kier alpha value is -0.250. The van der Waals surface area contributed by atoms with Crippen molar-refractivity contribution in [2.45, 2.75) is 31.2 Å². The summed E-state index contributed by atoms with van der Waals surface area (Å²) in [7, 11) is 0. The molecule has 0 heterocycles. The first-order valence-corrected chi connectivity index (χ1v) is 7.68. The van der Waals surface area contributed by atoms with E-state index in [1.165, 1.54) is 10.5 Å². The van der Waals surface area contributed by atoms with Crippen LogP contribution < -0.4 is 5.32 Å². The topological polar surface area (TPSA) is 12.0 Å². The Labute approximate surface area is 117 Å². The van der Waals surface area contributed by atoms with Gasteiger partial charge in [0.1, 0.15) is 0 Å². The lowest BCUT2D eigenvalue weighted by atomic mass is 10.2. The second-order valence-corrected chi connectivity index (χ2v) is 6.13. The van der Waals surface area contributed by atoms with Gasteiger partial charge in [-0.25, -0.2) is 0 Å². The Balaban J connectivity index is 2.45. The van der Waals surface area contributed by atoms with E-state index in [9.17, 15) is 0 Å². The second-order valence-electron chi connectivity index (χ2n) is 4.12. The van der Waals surface area contributed by atoms with Crippen LogP contribution in [0.25, 0.3) is 0 Å². The highest BCUT2D eigenvalue weighted by Crippen LogP contribution is 2.22. The van der Waals surface area contributed by atoms with Crippen LogP contribution in [0.5, 0.6) is 0 Å². The van der Waals surface area contributed by atoms with Crippen LogP contribution in [0.2, 0.25) is 0 Å². The third kappa shape index (κ3) is 5.75. The van der Waals surface area contributed by atoms with Gasteiger partial charge in [-0.05, 0) is 44.2 Å². The number of benzene rings is 1. The Morgan fingerprint density at radius 3 is 2.59 bits per heavy atom. The minimum absolute atomic E-state index is 0.406. The summed E-state index contributed by atoms with van der Waals surface area (Å²) in [4.78, 5) is 1.30. The molecule has 3 heteroatoms. The second kappa shape index (κ2) is 7.96. The van der Waals surface area contributed by atoms with Crippen molar-refractivity contribution in [3.05, 3.63) is 40.9 Å². The first-order valence-electron chi connectivity index (χ1n) is 5.90. The van der Waals surface area contributed by atoms with Crippen molar-refractivity contribution >= 4 is 27.7 Å². The maximum Gasteiger partial charge on any atom is 0.0369 e. The Kier molecular flexibility index (Phi) is 6.93. The van der Waals surface area contributed by atoms with Crippen LogP contribution in [0.4, 0.5) is 0 Å². The number of thioether (sulfide) groups is 1. The first-order chi connectivity index (χ1) is 8.13. The van der Waals surface area contributed by atoms with E-state index in [-0.39, 0.29) is 0 Å². The van der Waals surface area contributed by atoms with Gasteiger partial charge in [-0.1, -0.05) is 35.0 Å². The lowest BCUT2D eigenvalue weighted by Crippen LogP contribution is -2.32. The van der Waals surface area contributed by atoms with E-state index in [1.807, 2.05) is 11.8 Å². The normalized spacial score (nSPS) is 12.4. The van der Waals surface area contributed by atoms with Crippen LogP contribution >= 0.6 is 27.7 Å². The Morgan fingerprint density at radius 1 is 1.41 bits per heavy atom. The predicted molar refractivity (Wildman–Crippen MR) is 81.8 cm³/mol. The van der Waals surface area contributed by atoms with Crippen LogP contribution in [0, 0.1) is 0 Å². The third-order valence-electron chi connectivity index (χ3n) is 2.47. The standard InChI is InChI=1S/C14H20BrNS/c1-4-9-16-14(11(2)3)10-17-13-7-5-12(15)6-8-13/h5-8,14,16H,2,4,9-10H2,1,3H3. The molecule has 0 aliphatic rings. The van der Waals surface area contributed by atoms with Crippen molar-refractivity contribution in [2.75, 3.05) is 12.3 Å². The van der Waals surface area contributed by atoms with E-state index < -0.39 is 0 Å². The largest absolute Gasteiger partial charge is 0.310 e. The SMILES string of the molecule is C=C(C)C(CSc1ccc(Br)cc1)NCCC. The van der Waals surface area contributed by atoms with Gasteiger partial charge in [-0.15, -0.1) is 11.8 Å². The fraction of sp³-hybridized carbons (Fsp3) is 0.429. The summed E-state index contributed by atoms with van der Waals surface area (Å²) in [5.74, 6) is 1.04. The summed E-state index contributed by atoms with van der Waals surface area (Å²) < 4.78 is 1.13. The van der Waals surface area contributed by atoms with Gasteiger partial charge < -0.3 is 5.32 Å². The molecule has 1 aromatic carbocycles. The molecule has 0 radical (unpaired) electrons. The number of hydrogen-bond donors (Lipinski definition) is 1. The maximum absolute atomic E-state index is 4.05. The summed E-state index contributed by atoms with van der Waals surface area (Å²) in [5, 5.41) is 3.52. The van der Waals surface area contributed by atoms with E-state index >= 15 is 0 Å². The van der Waals surface area contributed by atoms with Gasteiger partial charge in [-0.2, -0.15) is 0 Å². The van der Waals surface area contributed by atoms with Crippen molar-refractivity contribution in [1.82, 2.24) is 5.32 Å². The molecule has 94 valence electrons. The molecule has 1 rings (SSSR count). The molecule has 1 nitrogen and oxygen atoms in total. The van der Waals surface area contributed by atoms with Gasteiger partial charge in [0.15, 0.2) is 0 Å². The zero-order chi connectivity index (χ0) is 12.7. The minimum atomic E-state index is 0.406. The minimum Gasteiger partial charge on any atom is -0.310 e. The number of halogens is 1. The highest BCUT2D eigenvalue weighted by molar-refractivity contribution is 9.10. The van der Waals surface area contributed by atoms with Crippen molar-refractivity contribution in [3.8, 4) is 0 Å². The zero-order valence-electron chi connectivity index (χ0n) is 10.5. The zero-order valence-corrected chi connectivity index (χ0v) is 12.9. The Bertz CT molecular complexity index is 348. The molecule has 0 bridgehead atoms. The molecule has 1 N–H and O–H groups in total. The quantitative estimate of drug-likeness (QED) is 0.588. The molecule has 0 aliphatic heterocycles. The molecule has 1 aromatic rings. The molecule has 0 saturated heterocycles. The van der Waals surface area contributed by atoms with Gasteiger partial charge in [-0.3, -0.25) is 0 Å². The third-order valence-corrected chi connectivity index (χ3v) is 4.10. The van der Waals surface area contributed by atoms with Crippen LogP contribution in [0.3, 0.4) is 0 Å². The summed E-state index contributed by atoms with van der Waals surface area (Å²) in [6.45, 7) is 9.38. The van der Waals surface area contributed by atoms with Crippen LogP contribution in [0.15, 0.2) is 45.8 Å². The van der Waals surface area contributed by atoms with Crippen molar-refractivity contribution in [3.63, 3.8) is 0 Å². The van der Waals surface area contributed by atoms with Crippen LogP contribution in [-0.4, -0.2) is 18.3 Å². The van der Waals surface area contributed by atoms with E-state index in [4.69, 9.17) is 0 Å². The summed E-state index contributed by atoms with van der Waals surface area (Å²) in [6.07, 6.45) is 1.16. The molecular formula is C14H20BrNS. The van der Waals surface area contributed by atoms with Gasteiger partial charge in [0.2, 0.25) is 0 Å². The molecule has 1 atom stereocenters. The van der Waals surface area contributed by atoms with Gasteiger partial charge in [0.05, 0.1) is 0 Å². The van der Waals surface area contributed by atoms with Gasteiger partial charge >= 0.3 is 0 Å². The molecule has 0 aliphatic carbocycles. The van der Waals surface area contributed by atoms with E-state index in [0.29, 0.717) is 6.04 Å². The van der Waals surface area contributed by atoms with Crippen LogP contribution in [0.1, 0.15) is 20.3 Å². The smallest absolute Gasteiger partial charge is 0.0369 e. The first kappa shape index (κ1) is 14.8. The highest BCUT2D eigenvalue weighted by Gasteiger charge is 2.08. The highest BCUT2D eigenvalue weighted by atomic mass is 79.9. The van der Waals surface area contributed by atoms with Gasteiger partial charge in [0, 0.05) is 21.2 Å². The summed E-state index contributed by atoms with van der Waals surface area (Å²) >= 11 is 5.32. The van der Waals surface area contributed by atoms with E-state index in [1.54, 1.807) is 0 Å². The fourth-order valence-corrected chi connectivity index (χ4v) is 2.76. The number of hydrogen-bond acceptors (Lipinski definition) is 2. The van der Waals surface area contributed by atoms with E-state index in [2.05, 4.69) is 65.9 Å². The lowest BCUT2D eigenvalue weighted by molar-refractivity contribution is 0.609. The lowest BCUT2D eigenvalue weighted by Gasteiger charge is -2.18. The van der Waals surface area contributed by atoms with Crippen molar-refractivity contribution < 1.29 is 0 Å². The fourth-order valence-electron chi connectivity index (χ4n) is 1.40. The molecule has 0 saturated carbocycles. The predicted octanol–water partition coefficient (Wildman–Crippen LogP) is 4.49. The summed E-state index contributed by atoms with van der Waals surface area (Å²) in [6, 6.07) is 8.85. The molecule has 17 heavy (non-hydrogen) atoms. The van der Waals surface area contributed by atoms with Gasteiger partial charge in [0.25, 0.3) is 0 Å². The molecule has 0 fully saturated rings.